The molecule has 7 nitrogen and oxygen atoms in total. The first-order valence-corrected chi connectivity index (χ1v) is 7.71. The number of amides is 2. The number of nitrogens with one attached hydrogen (secondary N) is 1. The van der Waals surface area contributed by atoms with Gasteiger partial charge in [-0.3, -0.25) is 14.8 Å². The molecule has 1 aliphatic rings. The minimum absolute atomic E-state index is 0.109. The molecular weight excluding hydrogens is 336 g/mol. The Morgan fingerprint density at radius 3 is 2.00 bits per heavy atom. The van der Waals surface area contributed by atoms with Gasteiger partial charge in [-0.1, -0.05) is 48.5 Å². The number of primary amides is 1. The monoisotopic (exact) mass is 354 g/mol. The van der Waals surface area contributed by atoms with E-state index in [2.05, 4.69) is 54.3 Å². The molecule has 3 rings (SSSR count). The van der Waals surface area contributed by atoms with E-state index in [4.69, 9.17) is 9.94 Å². The van der Waals surface area contributed by atoms with E-state index in [1.165, 1.54) is 33.7 Å². The summed E-state index contributed by atoms with van der Waals surface area (Å²) in [5, 5.41) is 8.00. The van der Waals surface area contributed by atoms with Gasteiger partial charge in [-0.05, 0) is 22.3 Å². The van der Waals surface area contributed by atoms with Crippen LogP contribution >= 0.6 is 0 Å². The lowest BCUT2D eigenvalue weighted by atomic mass is 10.1. The summed E-state index contributed by atoms with van der Waals surface area (Å²) in [7, 11) is 1.77. The minimum atomic E-state index is -1.07. The summed E-state index contributed by atoms with van der Waals surface area (Å²) < 4.78 is 5.56. The number of hydrogen-bond acceptors (Lipinski definition) is 5. The van der Waals surface area contributed by atoms with Crippen molar-refractivity contribution in [2.75, 3.05) is 7.11 Å². The second-order valence-corrected chi connectivity index (χ2v) is 5.45. The predicted octanol–water partition coefficient (Wildman–Crippen LogP) is 1.53. The highest BCUT2D eigenvalue weighted by molar-refractivity contribution is 6.04. The van der Waals surface area contributed by atoms with E-state index in [1.807, 2.05) is 0 Å². The van der Waals surface area contributed by atoms with Gasteiger partial charge in [-0.25, -0.2) is 10.3 Å². The fourth-order valence-electron chi connectivity index (χ4n) is 2.77. The van der Waals surface area contributed by atoms with Gasteiger partial charge in [0.15, 0.2) is 0 Å². The van der Waals surface area contributed by atoms with Crippen LogP contribution in [0.25, 0.3) is 11.1 Å². The van der Waals surface area contributed by atoms with Crippen molar-refractivity contribution in [3.05, 3.63) is 65.2 Å². The number of hydrogen-bond donors (Lipinski definition) is 3. The van der Waals surface area contributed by atoms with Gasteiger partial charge >= 0.3 is 0 Å². The number of nitrogens with two attached hydrogens (primary N) is 1. The van der Waals surface area contributed by atoms with E-state index in [0.717, 1.165) is 0 Å². The van der Waals surface area contributed by atoms with Crippen LogP contribution < -0.4 is 11.2 Å². The third-order valence-corrected chi connectivity index (χ3v) is 3.86. The van der Waals surface area contributed by atoms with Gasteiger partial charge < -0.3 is 10.5 Å². The Kier molecular flexibility index (Phi) is 6.41. The van der Waals surface area contributed by atoms with Crippen LogP contribution in [0.4, 0.5) is 0 Å². The van der Waals surface area contributed by atoms with E-state index < -0.39 is 23.8 Å². The molecule has 0 unspecified atom stereocenters. The van der Waals surface area contributed by atoms with Crippen LogP contribution in [0.3, 0.4) is 0 Å². The van der Waals surface area contributed by atoms with Gasteiger partial charge in [-0.15, -0.1) is 0 Å². The van der Waals surface area contributed by atoms with Crippen LogP contribution in [-0.2, 0) is 19.1 Å². The average molecular weight is 354 g/mol. The van der Waals surface area contributed by atoms with Crippen molar-refractivity contribution in [3.8, 4) is 11.1 Å². The summed E-state index contributed by atoms with van der Waals surface area (Å²) in [5.41, 5.74) is 10.5. The molecule has 1 aliphatic carbocycles. The van der Waals surface area contributed by atoms with Crippen molar-refractivity contribution in [2.45, 2.75) is 12.5 Å². The number of rotatable bonds is 4. The Morgan fingerprint density at radius 2 is 1.62 bits per heavy atom. The van der Waals surface area contributed by atoms with Crippen LogP contribution in [0.2, 0.25) is 0 Å². The molecular formula is C19H18N2O5. The van der Waals surface area contributed by atoms with Crippen molar-refractivity contribution in [2.24, 2.45) is 5.73 Å². The molecule has 0 heterocycles. The summed E-state index contributed by atoms with van der Waals surface area (Å²) in [6.07, 6.45) is -0.423. The average Bonchev–Trinajstić information content (AvgIpc) is 2.99. The molecule has 0 aliphatic heterocycles. The molecule has 4 N–H and O–H groups in total. The van der Waals surface area contributed by atoms with Gasteiger partial charge in [0.1, 0.15) is 17.6 Å². The Labute approximate surface area is 150 Å². The standard InChI is InChI=1S/C14H12O.C5H6N2O4/c1-15-14-12-8-4-2-6-10(12)11-7-3-5-9-13(11)14;6-4(9)1-3(2-8)5(10)7-11/h2-9,14H,1H3;11H,1H2,(H2,6,9)(H,7,10). The first kappa shape index (κ1) is 19.1. The molecule has 2 aromatic carbocycles. The zero-order valence-corrected chi connectivity index (χ0v) is 14.1. The lowest BCUT2D eigenvalue weighted by molar-refractivity contribution is -0.126. The molecule has 0 saturated heterocycles. The second-order valence-electron chi connectivity index (χ2n) is 5.45. The SMILES string of the molecule is COC1c2ccccc2-c2ccccc21.NC(=O)CC(=C=O)C(=O)NO. The van der Waals surface area contributed by atoms with E-state index in [1.54, 1.807) is 7.11 Å². The number of carbonyl (C=O) groups excluding carboxylic acids is 3. The van der Waals surface area contributed by atoms with Crippen molar-refractivity contribution in [3.63, 3.8) is 0 Å². The summed E-state index contributed by atoms with van der Waals surface area (Å²) in [4.78, 5) is 30.5. The number of ether oxygens (including phenoxy) is 1. The van der Waals surface area contributed by atoms with Crippen molar-refractivity contribution in [1.29, 1.82) is 0 Å². The second kappa shape index (κ2) is 8.73. The van der Waals surface area contributed by atoms with Gasteiger partial charge in [0.2, 0.25) is 5.91 Å². The normalized spacial score (nSPS) is 11.3. The molecule has 0 bridgehead atoms. The Bertz CT molecular complexity index is 826. The molecule has 2 aromatic rings. The molecule has 0 radical (unpaired) electrons. The molecule has 0 spiro atoms. The molecule has 7 heteroatoms. The number of hydroxylamine groups is 1. The molecule has 26 heavy (non-hydrogen) atoms. The molecule has 0 saturated carbocycles. The van der Waals surface area contributed by atoms with E-state index in [0.29, 0.717) is 0 Å². The zero-order valence-electron chi connectivity index (χ0n) is 14.1. The molecule has 0 aromatic heterocycles. The lowest BCUT2D eigenvalue weighted by Gasteiger charge is -2.10. The number of methoxy groups -OCH3 is 1. The predicted molar refractivity (Wildman–Crippen MR) is 93.7 cm³/mol. The first-order valence-electron chi connectivity index (χ1n) is 7.71. The molecule has 0 fully saturated rings. The summed E-state index contributed by atoms with van der Waals surface area (Å²) in [6, 6.07) is 16.9. The maximum atomic E-state index is 10.4. The van der Waals surface area contributed by atoms with E-state index in [9.17, 15) is 14.4 Å². The fourth-order valence-corrected chi connectivity index (χ4v) is 2.77. The third kappa shape index (κ3) is 4.04. The Balaban J connectivity index is 0.000000199. The Morgan fingerprint density at radius 1 is 1.12 bits per heavy atom. The van der Waals surface area contributed by atoms with Crippen LogP contribution in [0.1, 0.15) is 23.7 Å². The molecule has 0 atom stereocenters. The maximum Gasteiger partial charge on any atom is 0.282 e. The van der Waals surface area contributed by atoms with Gasteiger partial charge in [0.05, 0.1) is 6.42 Å². The van der Waals surface area contributed by atoms with Crippen LogP contribution in [0.15, 0.2) is 54.1 Å². The zero-order chi connectivity index (χ0) is 19.1. The summed E-state index contributed by atoms with van der Waals surface area (Å²) in [6.45, 7) is 0. The first-order chi connectivity index (χ1) is 12.5. The Hall–Kier alpha value is -3.25. The van der Waals surface area contributed by atoms with Gasteiger partial charge in [0, 0.05) is 7.11 Å². The largest absolute Gasteiger partial charge is 0.372 e. The molecule has 2 amide bonds. The number of benzene rings is 2. The third-order valence-electron chi connectivity index (χ3n) is 3.86. The summed E-state index contributed by atoms with van der Waals surface area (Å²) >= 11 is 0. The van der Waals surface area contributed by atoms with Crippen LogP contribution in [0.5, 0.6) is 0 Å². The topological polar surface area (TPSA) is 119 Å². The summed E-state index contributed by atoms with van der Waals surface area (Å²) in [5.74, 6) is -0.733. The van der Waals surface area contributed by atoms with Crippen LogP contribution in [-0.4, -0.2) is 30.1 Å². The highest BCUT2D eigenvalue weighted by Gasteiger charge is 2.27. The maximum absolute atomic E-state index is 10.4. The smallest absolute Gasteiger partial charge is 0.282 e. The van der Waals surface area contributed by atoms with Crippen molar-refractivity contribution < 1.29 is 24.3 Å². The number of carbonyl (C=O) groups is 2. The van der Waals surface area contributed by atoms with Crippen molar-refractivity contribution >= 4 is 17.8 Å². The highest BCUT2D eigenvalue weighted by Crippen LogP contribution is 2.44. The fraction of sp³-hybridized carbons (Fsp3) is 0.158. The quantitative estimate of drug-likeness (QED) is 0.333. The number of fused-ring (bicyclic) bond motifs is 3. The van der Waals surface area contributed by atoms with Gasteiger partial charge in [-0.2, -0.15) is 0 Å². The van der Waals surface area contributed by atoms with E-state index >= 15 is 0 Å². The lowest BCUT2D eigenvalue weighted by Crippen LogP contribution is -2.24. The van der Waals surface area contributed by atoms with E-state index in [-0.39, 0.29) is 6.10 Å². The van der Waals surface area contributed by atoms with Gasteiger partial charge in [0.25, 0.3) is 5.91 Å². The molecule has 134 valence electrons. The van der Waals surface area contributed by atoms with Crippen LogP contribution in [0, 0.1) is 0 Å². The highest BCUT2D eigenvalue weighted by atomic mass is 16.5. The van der Waals surface area contributed by atoms with Crippen molar-refractivity contribution in [1.82, 2.24) is 5.48 Å². The minimum Gasteiger partial charge on any atom is -0.372 e.